The van der Waals surface area contributed by atoms with E-state index in [1.54, 1.807) is 0 Å². The molecule has 4 heavy (non-hydrogen) atoms. The van der Waals surface area contributed by atoms with Crippen LogP contribution in [0, 0.1) is 0 Å². The first kappa shape index (κ1) is 37.7. The van der Waals surface area contributed by atoms with Gasteiger partial charge >= 0.3 is 45.5 Å². The Labute approximate surface area is 73.8 Å². The SMILES string of the molecule is F.[Cl-].[Cl-].[Sr+2]. The third kappa shape index (κ3) is 9.01. The predicted molar refractivity (Wildman–Crippen MR) is 8.26 cm³/mol. The zero-order chi connectivity index (χ0) is 0. The minimum Gasteiger partial charge on any atom is -1.00 e. The average Bonchev–Trinajstić information content (AvgIpc) is 0. The number of rotatable bonds is 0. The van der Waals surface area contributed by atoms with E-state index >= 15 is 0 Å². The monoisotopic (exact) mass is 178 g/mol. The third-order valence-corrected chi connectivity index (χ3v) is 0. The molecule has 0 aromatic heterocycles. The Morgan fingerprint density at radius 1 is 0.750 bits per heavy atom. The van der Waals surface area contributed by atoms with E-state index in [4.69, 9.17) is 0 Å². The van der Waals surface area contributed by atoms with Crippen LogP contribution in [-0.2, 0) is 0 Å². The smallest absolute Gasteiger partial charge is 1.00 e. The van der Waals surface area contributed by atoms with Crippen molar-refractivity contribution < 1.29 is 29.5 Å². The van der Waals surface area contributed by atoms with Gasteiger partial charge in [0, 0.05) is 0 Å². The van der Waals surface area contributed by atoms with Gasteiger partial charge in [-0.05, 0) is 0 Å². The summed E-state index contributed by atoms with van der Waals surface area (Å²) < 4.78 is 0. The molecule has 0 bridgehead atoms. The Morgan fingerprint density at radius 3 is 0.750 bits per heavy atom. The molecule has 0 radical (unpaired) electrons. The van der Waals surface area contributed by atoms with Gasteiger partial charge in [-0.25, -0.2) is 0 Å². The van der Waals surface area contributed by atoms with Crippen molar-refractivity contribution >= 4 is 45.5 Å². The van der Waals surface area contributed by atoms with Crippen LogP contribution < -0.4 is 24.8 Å². The van der Waals surface area contributed by atoms with Gasteiger partial charge in [0.1, 0.15) is 0 Å². The second-order valence-electron chi connectivity index (χ2n) is 0. The molecule has 0 amide bonds. The van der Waals surface area contributed by atoms with Crippen LogP contribution in [0.5, 0.6) is 0 Å². The zero-order valence-corrected chi connectivity index (χ0v) is 6.86. The van der Waals surface area contributed by atoms with E-state index in [-0.39, 0.29) is 75.0 Å². The first-order valence-electron chi connectivity index (χ1n) is 0. The molecule has 0 heterocycles. The van der Waals surface area contributed by atoms with Gasteiger partial charge in [-0.15, -0.1) is 0 Å². The van der Waals surface area contributed by atoms with E-state index in [1.807, 2.05) is 0 Å². The summed E-state index contributed by atoms with van der Waals surface area (Å²) in [5.41, 5.74) is 0. The third-order valence-electron chi connectivity index (χ3n) is 0. The molecule has 4 heteroatoms. The zero-order valence-electron chi connectivity index (χ0n) is 1.87. The van der Waals surface area contributed by atoms with Gasteiger partial charge in [-0.3, -0.25) is 4.70 Å². The number of halogens is 3. The van der Waals surface area contributed by atoms with Crippen molar-refractivity contribution in [1.82, 2.24) is 0 Å². The van der Waals surface area contributed by atoms with Crippen LogP contribution >= 0.6 is 0 Å². The van der Waals surface area contributed by atoms with E-state index in [0.717, 1.165) is 0 Å². The summed E-state index contributed by atoms with van der Waals surface area (Å²) in [5, 5.41) is 0. The molecule has 0 nitrogen and oxygen atoms in total. The number of hydrogen-bond donors (Lipinski definition) is 0. The molecule has 0 unspecified atom stereocenters. The van der Waals surface area contributed by atoms with Crippen LogP contribution in [0.4, 0.5) is 4.70 Å². The van der Waals surface area contributed by atoms with Crippen molar-refractivity contribution in [3.8, 4) is 0 Å². The summed E-state index contributed by atoms with van der Waals surface area (Å²) in [7, 11) is 0. The first-order chi connectivity index (χ1) is 0. The van der Waals surface area contributed by atoms with Crippen LogP contribution in [0.1, 0.15) is 0 Å². The Hall–Kier alpha value is 1.99. The largest absolute Gasteiger partial charge is 2.00 e. The molecule has 0 aromatic carbocycles. The molecule has 0 spiro atoms. The van der Waals surface area contributed by atoms with Gasteiger partial charge in [0.05, 0.1) is 0 Å². The van der Waals surface area contributed by atoms with E-state index in [1.165, 1.54) is 0 Å². The minimum atomic E-state index is 0. The summed E-state index contributed by atoms with van der Waals surface area (Å²) in [6.45, 7) is 0. The summed E-state index contributed by atoms with van der Waals surface area (Å²) >= 11 is 0. The molecular formula is HCl2FSr. The molecule has 0 aromatic rings. The fourth-order valence-corrected chi connectivity index (χ4v) is 0. The molecule has 0 aliphatic carbocycles. The molecule has 0 rings (SSSR count). The maximum absolute atomic E-state index is 0. The topological polar surface area (TPSA) is 0 Å². The van der Waals surface area contributed by atoms with Crippen molar-refractivity contribution in [2.45, 2.75) is 0 Å². The van der Waals surface area contributed by atoms with Crippen LogP contribution in [0.3, 0.4) is 0 Å². The van der Waals surface area contributed by atoms with E-state index < -0.39 is 0 Å². The van der Waals surface area contributed by atoms with Crippen molar-refractivity contribution in [3.05, 3.63) is 0 Å². The maximum atomic E-state index is 0. The molecule has 24 valence electrons. The standard InChI is InChI=1S/2ClH.FH.Sr/h3*1H;/q;;;+2/p-2. The van der Waals surface area contributed by atoms with Crippen LogP contribution in [0.25, 0.3) is 0 Å². The molecule has 0 N–H and O–H groups in total. The Morgan fingerprint density at radius 2 is 0.750 bits per heavy atom. The molecule has 0 atom stereocenters. The minimum absolute atomic E-state index is 0. The van der Waals surface area contributed by atoms with E-state index in [9.17, 15) is 0 Å². The predicted octanol–water partition coefficient (Wildman–Crippen LogP) is -6.22. The first-order valence-corrected chi connectivity index (χ1v) is 0. The van der Waals surface area contributed by atoms with Gasteiger partial charge in [0.2, 0.25) is 0 Å². The van der Waals surface area contributed by atoms with Gasteiger partial charge in [0.15, 0.2) is 0 Å². The molecule has 0 aliphatic heterocycles. The Bertz CT molecular complexity index is 6.00. The fourth-order valence-electron chi connectivity index (χ4n) is 0. The van der Waals surface area contributed by atoms with Gasteiger partial charge < -0.3 is 24.8 Å². The van der Waals surface area contributed by atoms with Gasteiger partial charge in [-0.1, -0.05) is 0 Å². The van der Waals surface area contributed by atoms with Gasteiger partial charge in [-0.2, -0.15) is 0 Å². The Balaban J connectivity index is 0. The van der Waals surface area contributed by atoms with Crippen LogP contribution in [0.2, 0.25) is 0 Å². The Kier molecular flexibility index (Phi) is 189. The fraction of sp³-hybridized carbons (Fsp3) is 0. The molecular weight excluding hydrogens is 178 g/mol. The second kappa shape index (κ2) is 20.1. The summed E-state index contributed by atoms with van der Waals surface area (Å²) in [6, 6.07) is 0. The van der Waals surface area contributed by atoms with Crippen molar-refractivity contribution in [3.63, 3.8) is 0 Å². The molecule has 0 saturated carbocycles. The van der Waals surface area contributed by atoms with Crippen molar-refractivity contribution in [2.24, 2.45) is 0 Å². The second-order valence-corrected chi connectivity index (χ2v) is 0. The molecule has 0 aliphatic rings. The summed E-state index contributed by atoms with van der Waals surface area (Å²) in [4.78, 5) is 0. The van der Waals surface area contributed by atoms with Crippen LogP contribution in [0.15, 0.2) is 0 Å². The average molecular weight is 179 g/mol. The van der Waals surface area contributed by atoms with Crippen LogP contribution in [-0.4, -0.2) is 45.5 Å². The molecule has 0 saturated heterocycles. The number of hydrogen-bond acceptors (Lipinski definition) is 0. The maximum Gasteiger partial charge on any atom is 2.00 e. The van der Waals surface area contributed by atoms with Gasteiger partial charge in [0.25, 0.3) is 0 Å². The van der Waals surface area contributed by atoms with Crippen molar-refractivity contribution in [1.29, 1.82) is 0 Å². The summed E-state index contributed by atoms with van der Waals surface area (Å²) in [5.74, 6) is 0. The molecule has 0 fully saturated rings. The van der Waals surface area contributed by atoms with E-state index in [2.05, 4.69) is 0 Å². The quantitative estimate of drug-likeness (QED) is 0.324. The van der Waals surface area contributed by atoms with Crippen molar-refractivity contribution in [2.75, 3.05) is 0 Å². The summed E-state index contributed by atoms with van der Waals surface area (Å²) in [6.07, 6.45) is 0. The normalized spacial score (nSPS) is 0. The van der Waals surface area contributed by atoms with E-state index in [0.29, 0.717) is 0 Å².